The number of hydrogen-bond donors (Lipinski definition) is 0. The summed E-state index contributed by atoms with van der Waals surface area (Å²) in [5.74, 6) is 2.94. The zero-order valence-electron chi connectivity index (χ0n) is 25.6. The van der Waals surface area contributed by atoms with Gasteiger partial charge in [0.25, 0.3) is 0 Å². The van der Waals surface area contributed by atoms with Crippen molar-refractivity contribution in [2.24, 2.45) is 11.8 Å². The maximum Gasteiger partial charge on any atom is 0.343 e. The second kappa shape index (κ2) is 19.7. The highest BCUT2D eigenvalue weighted by Crippen LogP contribution is 2.34. The summed E-state index contributed by atoms with van der Waals surface area (Å²) in [4.78, 5) is 12.6. The minimum atomic E-state index is -0.325. The molecule has 1 aliphatic rings. The van der Waals surface area contributed by atoms with Crippen molar-refractivity contribution in [2.75, 3.05) is 6.61 Å². The van der Waals surface area contributed by atoms with Crippen molar-refractivity contribution in [3.05, 3.63) is 59.7 Å². The summed E-state index contributed by atoms with van der Waals surface area (Å²) in [5, 5.41) is 0. The fraction of sp³-hybridized carbons (Fsp3) is 0.649. The van der Waals surface area contributed by atoms with Gasteiger partial charge in [-0.3, -0.25) is 0 Å². The average molecular weight is 549 g/mol. The minimum absolute atomic E-state index is 0.325. The molecule has 2 aromatic rings. The first-order chi connectivity index (χ1) is 19.7. The van der Waals surface area contributed by atoms with Gasteiger partial charge in [0.15, 0.2) is 0 Å². The third kappa shape index (κ3) is 12.9. The quantitative estimate of drug-likeness (QED) is 0.0937. The first-order valence-corrected chi connectivity index (χ1v) is 16.7. The molecule has 0 N–H and O–H groups in total. The largest absolute Gasteiger partial charge is 0.494 e. The van der Waals surface area contributed by atoms with Crippen LogP contribution in [0.4, 0.5) is 0 Å². The molecule has 3 nitrogen and oxygen atoms in total. The molecule has 0 saturated heterocycles. The third-order valence-corrected chi connectivity index (χ3v) is 8.76. The maximum atomic E-state index is 12.6. The van der Waals surface area contributed by atoms with E-state index in [0.717, 1.165) is 37.0 Å². The van der Waals surface area contributed by atoms with Crippen LogP contribution in [-0.2, 0) is 6.42 Å². The molecule has 0 heterocycles. The molecule has 0 spiro atoms. The number of aryl methyl sites for hydroxylation is 1. The average Bonchev–Trinajstić information content (AvgIpc) is 2.99. The van der Waals surface area contributed by atoms with E-state index in [2.05, 4.69) is 26.0 Å². The molecule has 0 radical (unpaired) electrons. The fourth-order valence-electron chi connectivity index (χ4n) is 6.04. The van der Waals surface area contributed by atoms with Crippen LogP contribution in [-0.4, -0.2) is 12.6 Å². The van der Waals surface area contributed by atoms with Crippen LogP contribution in [0.1, 0.15) is 145 Å². The maximum absolute atomic E-state index is 12.6. The van der Waals surface area contributed by atoms with E-state index in [4.69, 9.17) is 9.47 Å². The van der Waals surface area contributed by atoms with Crippen LogP contribution < -0.4 is 9.47 Å². The number of carbonyl (C=O) groups is 1. The Bertz CT molecular complexity index is 909. The first kappa shape index (κ1) is 32.2. The first-order valence-electron chi connectivity index (χ1n) is 16.7. The lowest BCUT2D eigenvalue weighted by Crippen LogP contribution is -2.15. The zero-order chi connectivity index (χ0) is 28.3. The van der Waals surface area contributed by atoms with Crippen molar-refractivity contribution in [1.29, 1.82) is 0 Å². The highest BCUT2D eigenvalue weighted by molar-refractivity contribution is 5.91. The third-order valence-electron chi connectivity index (χ3n) is 8.76. The van der Waals surface area contributed by atoms with Gasteiger partial charge in [0.2, 0.25) is 0 Å². The van der Waals surface area contributed by atoms with Gasteiger partial charge in [-0.2, -0.15) is 0 Å². The van der Waals surface area contributed by atoms with Crippen molar-refractivity contribution in [3.63, 3.8) is 0 Å². The van der Waals surface area contributed by atoms with E-state index in [9.17, 15) is 4.79 Å². The number of unbranched alkanes of at least 4 members (excludes halogenated alkanes) is 10. The predicted octanol–water partition coefficient (Wildman–Crippen LogP) is 11.1. The van der Waals surface area contributed by atoms with Gasteiger partial charge in [-0.15, -0.1) is 0 Å². The van der Waals surface area contributed by atoms with Gasteiger partial charge in [0, 0.05) is 0 Å². The standard InChI is InChI=1S/C37H56O3/c1-3-5-7-9-10-12-14-30-39-35-28-24-34(25-29-35)37(38)40-36-26-22-33(23-27-36)21-20-32-18-16-31(17-19-32)15-13-11-8-6-4-2/h22-29,31-32H,3-21,30H2,1-2H3. The van der Waals surface area contributed by atoms with Gasteiger partial charge >= 0.3 is 5.97 Å². The van der Waals surface area contributed by atoms with Gasteiger partial charge in [0.1, 0.15) is 11.5 Å². The summed E-state index contributed by atoms with van der Waals surface area (Å²) in [6, 6.07) is 15.4. The van der Waals surface area contributed by atoms with Crippen LogP contribution in [0.15, 0.2) is 48.5 Å². The number of benzene rings is 2. The molecule has 1 fully saturated rings. The molecule has 0 aromatic heterocycles. The molecular formula is C37H56O3. The Hall–Kier alpha value is -2.29. The Morgan fingerprint density at radius 1 is 0.625 bits per heavy atom. The van der Waals surface area contributed by atoms with E-state index < -0.39 is 0 Å². The lowest BCUT2D eigenvalue weighted by molar-refractivity contribution is 0.0734. The number of ether oxygens (including phenoxy) is 2. The van der Waals surface area contributed by atoms with Gasteiger partial charge in [-0.05, 0) is 73.1 Å². The summed E-state index contributed by atoms with van der Waals surface area (Å²) in [6.45, 7) is 5.27. The van der Waals surface area contributed by atoms with Crippen molar-refractivity contribution >= 4 is 5.97 Å². The smallest absolute Gasteiger partial charge is 0.343 e. The van der Waals surface area contributed by atoms with Crippen LogP contribution in [0, 0.1) is 11.8 Å². The van der Waals surface area contributed by atoms with Crippen LogP contribution in [0.3, 0.4) is 0 Å². The van der Waals surface area contributed by atoms with Gasteiger partial charge in [-0.1, -0.05) is 129 Å². The minimum Gasteiger partial charge on any atom is -0.494 e. The molecule has 3 rings (SSSR count). The van der Waals surface area contributed by atoms with Crippen molar-refractivity contribution < 1.29 is 14.3 Å². The van der Waals surface area contributed by atoms with E-state index >= 15 is 0 Å². The van der Waals surface area contributed by atoms with E-state index in [1.54, 1.807) is 12.1 Å². The van der Waals surface area contributed by atoms with Crippen LogP contribution in [0.25, 0.3) is 0 Å². The Kier molecular flexibility index (Phi) is 15.9. The van der Waals surface area contributed by atoms with Crippen LogP contribution >= 0.6 is 0 Å². The lowest BCUT2D eigenvalue weighted by Gasteiger charge is -2.28. The molecule has 2 aromatic carbocycles. The highest BCUT2D eigenvalue weighted by Gasteiger charge is 2.20. The molecule has 0 bridgehead atoms. The zero-order valence-corrected chi connectivity index (χ0v) is 25.6. The molecule has 222 valence electrons. The lowest BCUT2D eigenvalue weighted by atomic mass is 9.78. The van der Waals surface area contributed by atoms with E-state index in [-0.39, 0.29) is 5.97 Å². The summed E-state index contributed by atoms with van der Waals surface area (Å²) >= 11 is 0. The Morgan fingerprint density at radius 3 is 1.77 bits per heavy atom. The number of esters is 1. The monoisotopic (exact) mass is 548 g/mol. The van der Waals surface area contributed by atoms with E-state index in [1.807, 2.05) is 24.3 Å². The predicted molar refractivity (Wildman–Crippen MR) is 168 cm³/mol. The summed E-state index contributed by atoms with van der Waals surface area (Å²) < 4.78 is 11.5. The fourth-order valence-corrected chi connectivity index (χ4v) is 6.04. The summed E-state index contributed by atoms with van der Waals surface area (Å²) in [7, 11) is 0. The number of carbonyl (C=O) groups excluding carboxylic acids is 1. The van der Waals surface area contributed by atoms with Crippen LogP contribution in [0.2, 0.25) is 0 Å². The summed E-state index contributed by atoms with van der Waals surface area (Å²) in [6.07, 6.45) is 25.4. The molecule has 0 amide bonds. The summed E-state index contributed by atoms with van der Waals surface area (Å²) in [5.41, 5.74) is 1.88. The topological polar surface area (TPSA) is 35.5 Å². The van der Waals surface area contributed by atoms with Gasteiger partial charge in [0.05, 0.1) is 12.2 Å². The van der Waals surface area contributed by atoms with Crippen LogP contribution in [0.5, 0.6) is 11.5 Å². The Balaban J connectivity index is 1.29. The van der Waals surface area contributed by atoms with Crippen molar-refractivity contribution in [2.45, 2.75) is 136 Å². The Morgan fingerprint density at radius 2 is 1.15 bits per heavy atom. The molecule has 1 saturated carbocycles. The SMILES string of the molecule is CCCCCCCCCOc1ccc(C(=O)Oc2ccc(CCC3CCC(CCCCCCC)CC3)cc2)cc1. The molecule has 0 aliphatic heterocycles. The molecule has 3 heteroatoms. The Labute approximate surface area is 245 Å². The molecular weight excluding hydrogens is 492 g/mol. The van der Waals surface area contributed by atoms with Crippen molar-refractivity contribution in [1.82, 2.24) is 0 Å². The molecule has 1 aliphatic carbocycles. The number of rotatable bonds is 20. The normalized spacial score (nSPS) is 17.1. The van der Waals surface area contributed by atoms with Gasteiger partial charge in [-0.25, -0.2) is 4.79 Å². The molecule has 0 atom stereocenters. The van der Waals surface area contributed by atoms with E-state index in [0.29, 0.717) is 11.3 Å². The van der Waals surface area contributed by atoms with Crippen molar-refractivity contribution in [3.8, 4) is 11.5 Å². The second-order valence-electron chi connectivity index (χ2n) is 12.2. The second-order valence-corrected chi connectivity index (χ2v) is 12.2. The van der Waals surface area contributed by atoms with Gasteiger partial charge < -0.3 is 9.47 Å². The molecule has 0 unspecified atom stereocenters. The molecule has 40 heavy (non-hydrogen) atoms. The highest BCUT2D eigenvalue weighted by atomic mass is 16.5. The van der Waals surface area contributed by atoms with E-state index in [1.165, 1.54) is 115 Å². The number of hydrogen-bond acceptors (Lipinski definition) is 3.